The van der Waals surface area contributed by atoms with Gasteiger partial charge in [0.05, 0.1) is 34.9 Å². The fourth-order valence-corrected chi connectivity index (χ4v) is 6.07. The molecule has 1 fully saturated rings. The molecule has 0 atom stereocenters. The van der Waals surface area contributed by atoms with E-state index in [-0.39, 0.29) is 5.25 Å². The molecule has 8 heteroatoms. The lowest BCUT2D eigenvalue weighted by molar-refractivity contribution is 0.420. The van der Waals surface area contributed by atoms with Crippen molar-refractivity contribution in [3.8, 4) is 0 Å². The lowest BCUT2D eigenvalue weighted by Gasteiger charge is -2.20. The third kappa shape index (κ3) is 3.02. The first-order valence-electron chi connectivity index (χ1n) is 9.55. The molecule has 0 amide bonds. The van der Waals surface area contributed by atoms with Crippen LogP contribution in [0.3, 0.4) is 0 Å². The Morgan fingerprint density at radius 2 is 1.86 bits per heavy atom. The van der Waals surface area contributed by atoms with Crippen molar-refractivity contribution >= 4 is 32.4 Å². The Balaban J connectivity index is 1.42. The molecule has 7 nitrogen and oxygen atoms in total. The van der Waals surface area contributed by atoms with Crippen molar-refractivity contribution in [1.82, 2.24) is 19.3 Å². The van der Waals surface area contributed by atoms with Crippen molar-refractivity contribution in [3.05, 3.63) is 54.1 Å². The highest BCUT2D eigenvalue weighted by Gasteiger charge is 2.38. The first-order valence-corrected chi connectivity index (χ1v) is 11.0. The van der Waals surface area contributed by atoms with Crippen LogP contribution in [0.4, 0.5) is 11.5 Å². The number of anilines is 2. The molecule has 5 rings (SSSR count). The minimum atomic E-state index is -3.30. The Morgan fingerprint density at radius 3 is 2.71 bits per heavy atom. The molecule has 1 saturated carbocycles. The van der Waals surface area contributed by atoms with Gasteiger partial charge in [-0.05, 0) is 25.0 Å². The van der Waals surface area contributed by atoms with E-state index in [1.54, 1.807) is 10.5 Å². The molecule has 3 heterocycles. The molecule has 0 radical (unpaired) electrons. The van der Waals surface area contributed by atoms with Crippen LogP contribution in [0.25, 0.3) is 10.9 Å². The van der Waals surface area contributed by atoms with Crippen LogP contribution in [0.5, 0.6) is 0 Å². The normalized spacial score (nSPS) is 17.9. The molecule has 1 aliphatic heterocycles. The summed E-state index contributed by atoms with van der Waals surface area (Å²) in [6, 6.07) is 9.92. The monoisotopic (exact) mass is 395 g/mol. The fourth-order valence-electron chi connectivity index (χ4n) is 4.11. The van der Waals surface area contributed by atoms with Gasteiger partial charge in [0.25, 0.3) is 0 Å². The van der Waals surface area contributed by atoms with Gasteiger partial charge in [-0.15, -0.1) is 0 Å². The van der Waals surface area contributed by atoms with Crippen molar-refractivity contribution in [2.75, 3.05) is 5.32 Å². The summed E-state index contributed by atoms with van der Waals surface area (Å²) in [5.74, 6) is 0.645. The van der Waals surface area contributed by atoms with E-state index in [1.807, 2.05) is 30.3 Å². The summed E-state index contributed by atoms with van der Waals surface area (Å²) >= 11 is 0. The number of sulfonamides is 1. The van der Waals surface area contributed by atoms with Gasteiger partial charge in [-0.25, -0.2) is 18.4 Å². The zero-order valence-electron chi connectivity index (χ0n) is 15.4. The van der Waals surface area contributed by atoms with Crippen molar-refractivity contribution in [2.24, 2.45) is 0 Å². The third-order valence-electron chi connectivity index (χ3n) is 5.63. The Kier molecular flexibility index (Phi) is 4.25. The lowest BCUT2D eigenvalue weighted by Crippen LogP contribution is -2.33. The van der Waals surface area contributed by atoms with Crippen LogP contribution in [0, 0.1) is 0 Å². The zero-order chi connectivity index (χ0) is 19.1. The van der Waals surface area contributed by atoms with Crippen LogP contribution in [0.1, 0.15) is 36.9 Å². The SMILES string of the molecule is O=S(=O)(C1CCCC1)N1Cc2ncnc(Nc3cnc4ccccc4c3)c2C1. The number of aromatic nitrogens is 3. The van der Waals surface area contributed by atoms with Crippen LogP contribution in [-0.2, 0) is 23.1 Å². The first-order chi connectivity index (χ1) is 13.6. The zero-order valence-corrected chi connectivity index (χ0v) is 16.2. The quantitative estimate of drug-likeness (QED) is 0.729. The maximum absolute atomic E-state index is 13.0. The first kappa shape index (κ1) is 17.5. The largest absolute Gasteiger partial charge is 0.339 e. The Bertz CT molecular complexity index is 1140. The minimum Gasteiger partial charge on any atom is -0.339 e. The van der Waals surface area contributed by atoms with Gasteiger partial charge in [0.15, 0.2) is 0 Å². The van der Waals surface area contributed by atoms with Gasteiger partial charge in [0, 0.05) is 17.5 Å². The van der Waals surface area contributed by atoms with E-state index in [2.05, 4.69) is 20.3 Å². The number of benzene rings is 1. The Labute approximate surface area is 163 Å². The van der Waals surface area contributed by atoms with Crippen LogP contribution in [0.2, 0.25) is 0 Å². The summed E-state index contributed by atoms with van der Waals surface area (Å²) in [5.41, 5.74) is 3.36. The van der Waals surface area contributed by atoms with E-state index in [4.69, 9.17) is 0 Å². The smallest absolute Gasteiger partial charge is 0.217 e. The van der Waals surface area contributed by atoms with E-state index in [0.29, 0.717) is 18.9 Å². The van der Waals surface area contributed by atoms with Gasteiger partial charge in [-0.1, -0.05) is 31.0 Å². The van der Waals surface area contributed by atoms with Crippen LogP contribution in [-0.4, -0.2) is 32.9 Å². The molecule has 1 aromatic carbocycles. The molecule has 3 aromatic rings. The molecule has 0 saturated heterocycles. The second kappa shape index (κ2) is 6.79. The van der Waals surface area contributed by atoms with Gasteiger partial charge in [-0.3, -0.25) is 4.98 Å². The molecule has 0 unspecified atom stereocenters. The molecule has 1 aliphatic carbocycles. The van der Waals surface area contributed by atoms with Gasteiger partial charge < -0.3 is 5.32 Å². The predicted octanol–water partition coefficient (Wildman–Crippen LogP) is 3.36. The maximum Gasteiger partial charge on any atom is 0.217 e. The van der Waals surface area contributed by atoms with Gasteiger partial charge in [-0.2, -0.15) is 4.31 Å². The van der Waals surface area contributed by atoms with Crippen LogP contribution in [0.15, 0.2) is 42.9 Å². The summed E-state index contributed by atoms with van der Waals surface area (Å²) in [6.07, 6.45) is 6.75. The van der Waals surface area contributed by atoms with E-state index in [1.165, 1.54) is 6.33 Å². The van der Waals surface area contributed by atoms with Crippen molar-refractivity contribution in [3.63, 3.8) is 0 Å². The molecule has 28 heavy (non-hydrogen) atoms. The Hall–Kier alpha value is -2.58. The highest BCUT2D eigenvalue weighted by Crippen LogP contribution is 2.34. The number of rotatable bonds is 4. The molecular weight excluding hydrogens is 374 g/mol. The predicted molar refractivity (Wildman–Crippen MR) is 107 cm³/mol. The Morgan fingerprint density at radius 1 is 1.04 bits per heavy atom. The summed E-state index contributed by atoms with van der Waals surface area (Å²) in [6.45, 7) is 0.639. The molecule has 0 spiro atoms. The van der Waals surface area contributed by atoms with E-state index in [0.717, 1.165) is 53.5 Å². The van der Waals surface area contributed by atoms with Crippen LogP contribution >= 0.6 is 0 Å². The molecule has 2 aliphatic rings. The average Bonchev–Trinajstić information content (AvgIpc) is 3.39. The van der Waals surface area contributed by atoms with Gasteiger partial charge in [0.2, 0.25) is 10.0 Å². The summed E-state index contributed by atoms with van der Waals surface area (Å²) in [7, 11) is -3.30. The molecule has 2 aromatic heterocycles. The van der Waals surface area contributed by atoms with Gasteiger partial charge in [0.1, 0.15) is 12.1 Å². The van der Waals surface area contributed by atoms with E-state index < -0.39 is 10.0 Å². The summed E-state index contributed by atoms with van der Waals surface area (Å²) in [4.78, 5) is 13.2. The maximum atomic E-state index is 13.0. The second-order valence-electron chi connectivity index (χ2n) is 7.41. The average molecular weight is 395 g/mol. The molecule has 144 valence electrons. The number of nitrogens with one attached hydrogen (secondary N) is 1. The highest BCUT2D eigenvalue weighted by molar-refractivity contribution is 7.89. The number of fused-ring (bicyclic) bond motifs is 2. The third-order valence-corrected chi connectivity index (χ3v) is 7.92. The summed E-state index contributed by atoms with van der Waals surface area (Å²) < 4.78 is 27.5. The van der Waals surface area contributed by atoms with Crippen molar-refractivity contribution in [2.45, 2.75) is 44.0 Å². The number of hydrogen-bond acceptors (Lipinski definition) is 6. The highest BCUT2D eigenvalue weighted by atomic mass is 32.2. The molecular formula is C20H21N5O2S. The van der Waals surface area contributed by atoms with Gasteiger partial charge >= 0.3 is 0 Å². The number of para-hydroxylation sites is 1. The van der Waals surface area contributed by atoms with E-state index in [9.17, 15) is 8.42 Å². The summed E-state index contributed by atoms with van der Waals surface area (Å²) in [5, 5.41) is 4.08. The van der Waals surface area contributed by atoms with Crippen LogP contribution < -0.4 is 5.32 Å². The number of nitrogens with zero attached hydrogens (tertiary/aromatic N) is 4. The molecule has 1 N–H and O–H groups in total. The number of pyridine rings is 1. The molecule has 0 bridgehead atoms. The fraction of sp³-hybridized carbons (Fsp3) is 0.350. The standard InChI is InChI=1S/C20H21N5O2S/c26-28(27,16-6-2-3-7-16)25-11-17-19(12-25)22-13-23-20(17)24-15-9-14-5-1-4-8-18(14)21-10-15/h1,4-5,8-10,13,16H,2-3,6-7,11-12H2,(H,22,23,24). The van der Waals surface area contributed by atoms with Crippen molar-refractivity contribution < 1.29 is 8.42 Å². The second-order valence-corrected chi connectivity index (χ2v) is 9.62. The minimum absolute atomic E-state index is 0.254. The number of hydrogen-bond donors (Lipinski definition) is 1. The lowest BCUT2D eigenvalue weighted by atomic mass is 10.2. The van der Waals surface area contributed by atoms with E-state index >= 15 is 0 Å². The topological polar surface area (TPSA) is 88.1 Å². The van der Waals surface area contributed by atoms with Crippen molar-refractivity contribution in [1.29, 1.82) is 0 Å².